The number of benzene rings is 1. The Bertz CT molecular complexity index is 550. The average molecular weight is 276 g/mol. The molecule has 0 aliphatic carbocycles. The summed E-state index contributed by atoms with van der Waals surface area (Å²) in [6.07, 6.45) is 0.873. The molecule has 0 aliphatic rings. The Balaban J connectivity index is 1.92. The highest BCUT2D eigenvalue weighted by Crippen LogP contribution is 2.09. The van der Waals surface area contributed by atoms with Gasteiger partial charge in [-0.1, -0.05) is 28.8 Å². The number of rotatable bonds is 5. The SMILES string of the molecule is Cc1nnsc1C(=O)NCc1ccc(CCN)cc1. The first-order chi connectivity index (χ1) is 9.20. The van der Waals surface area contributed by atoms with E-state index in [1.165, 1.54) is 5.56 Å². The molecule has 1 aromatic heterocycles. The van der Waals surface area contributed by atoms with Crippen LogP contribution in [0.1, 0.15) is 26.5 Å². The van der Waals surface area contributed by atoms with Gasteiger partial charge in [0, 0.05) is 6.54 Å². The second-order valence-corrected chi connectivity index (χ2v) is 4.98. The van der Waals surface area contributed by atoms with E-state index < -0.39 is 0 Å². The highest BCUT2D eigenvalue weighted by molar-refractivity contribution is 7.07. The minimum atomic E-state index is -0.126. The van der Waals surface area contributed by atoms with E-state index in [0.717, 1.165) is 23.5 Å². The highest BCUT2D eigenvalue weighted by Gasteiger charge is 2.12. The summed E-state index contributed by atoms with van der Waals surface area (Å²) in [6, 6.07) is 8.08. The lowest BCUT2D eigenvalue weighted by Gasteiger charge is -2.05. The number of hydrogen-bond donors (Lipinski definition) is 2. The van der Waals surface area contributed by atoms with Crippen LogP contribution in [0.3, 0.4) is 0 Å². The summed E-state index contributed by atoms with van der Waals surface area (Å²) in [5.41, 5.74) is 8.43. The molecule has 3 N–H and O–H groups in total. The molecule has 1 amide bonds. The Morgan fingerprint density at radius 3 is 2.58 bits per heavy atom. The molecule has 2 rings (SSSR count). The molecule has 0 spiro atoms. The van der Waals surface area contributed by atoms with Gasteiger partial charge in [-0.2, -0.15) is 0 Å². The topological polar surface area (TPSA) is 80.9 Å². The molecular weight excluding hydrogens is 260 g/mol. The number of nitrogens with zero attached hydrogens (tertiary/aromatic N) is 2. The molecule has 100 valence electrons. The first-order valence-corrected chi connectivity index (χ1v) is 6.83. The summed E-state index contributed by atoms with van der Waals surface area (Å²) in [5.74, 6) is -0.126. The second-order valence-electron chi connectivity index (χ2n) is 4.23. The van der Waals surface area contributed by atoms with E-state index in [2.05, 4.69) is 14.9 Å². The van der Waals surface area contributed by atoms with Crippen molar-refractivity contribution in [1.29, 1.82) is 0 Å². The van der Waals surface area contributed by atoms with Crippen molar-refractivity contribution in [3.05, 3.63) is 46.0 Å². The van der Waals surface area contributed by atoms with Gasteiger partial charge in [-0.3, -0.25) is 4.79 Å². The van der Waals surface area contributed by atoms with Crippen LogP contribution in [0.4, 0.5) is 0 Å². The van der Waals surface area contributed by atoms with E-state index in [-0.39, 0.29) is 5.91 Å². The van der Waals surface area contributed by atoms with E-state index in [0.29, 0.717) is 23.7 Å². The van der Waals surface area contributed by atoms with Crippen LogP contribution in [0.5, 0.6) is 0 Å². The third-order valence-corrected chi connectivity index (χ3v) is 3.59. The van der Waals surface area contributed by atoms with Gasteiger partial charge in [0.2, 0.25) is 0 Å². The first kappa shape index (κ1) is 13.6. The fourth-order valence-electron chi connectivity index (χ4n) is 1.69. The standard InChI is InChI=1S/C13H16N4OS/c1-9-12(19-17-16-9)13(18)15-8-11-4-2-10(3-5-11)6-7-14/h2-5H,6-8,14H2,1H3,(H,15,18). The number of hydrogen-bond acceptors (Lipinski definition) is 5. The summed E-state index contributed by atoms with van der Waals surface area (Å²) < 4.78 is 3.75. The predicted molar refractivity (Wildman–Crippen MR) is 75.0 cm³/mol. The predicted octanol–water partition coefficient (Wildman–Crippen LogP) is 1.28. The average Bonchev–Trinajstić information content (AvgIpc) is 2.84. The van der Waals surface area contributed by atoms with Crippen LogP contribution in [0.15, 0.2) is 24.3 Å². The van der Waals surface area contributed by atoms with Crippen LogP contribution in [0.2, 0.25) is 0 Å². The third-order valence-electron chi connectivity index (χ3n) is 2.77. The largest absolute Gasteiger partial charge is 0.347 e. The molecule has 0 aliphatic heterocycles. The minimum Gasteiger partial charge on any atom is -0.347 e. The van der Waals surface area contributed by atoms with Gasteiger partial charge < -0.3 is 11.1 Å². The van der Waals surface area contributed by atoms with Gasteiger partial charge in [0.05, 0.1) is 5.69 Å². The maximum Gasteiger partial charge on any atom is 0.265 e. The molecule has 0 unspecified atom stereocenters. The molecule has 19 heavy (non-hydrogen) atoms. The van der Waals surface area contributed by atoms with E-state index in [9.17, 15) is 4.79 Å². The molecule has 0 radical (unpaired) electrons. The smallest absolute Gasteiger partial charge is 0.265 e. The zero-order valence-electron chi connectivity index (χ0n) is 10.7. The van der Waals surface area contributed by atoms with Crippen LogP contribution in [0.25, 0.3) is 0 Å². The van der Waals surface area contributed by atoms with Crippen molar-refractivity contribution in [1.82, 2.24) is 14.9 Å². The van der Waals surface area contributed by atoms with Gasteiger partial charge in [0.1, 0.15) is 4.88 Å². The molecular formula is C13H16N4OS. The Morgan fingerprint density at radius 2 is 2.00 bits per heavy atom. The lowest BCUT2D eigenvalue weighted by molar-refractivity contribution is 0.0954. The number of nitrogens with two attached hydrogens (primary N) is 1. The zero-order chi connectivity index (χ0) is 13.7. The third kappa shape index (κ3) is 3.59. The molecule has 1 heterocycles. The summed E-state index contributed by atoms with van der Waals surface area (Å²) >= 11 is 1.11. The van der Waals surface area contributed by atoms with Crippen molar-refractivity contribution in [2.45, 2.75) is 19.9 Å². The van der Waals surface area contributed by atoms with Crippen LogP contribution in [0, 0.1) is 6.92 Å². The summed E-state index contributed by atoms with van der Waals surface area (Å²) in [4.78, 5) is 12.4. The van der Waals surface area contributed by atoms with Crippen molar-refractivity contribution in [2.75, 3.05) is 6.54 Å². The van der Waals surface area contributed by atoms with E-state index >= 15 is 0 Å². The Hall–Kier alpha value is -1.79. The maximum absolute atomic E-state index is 11.9. The normalized spacial score (nSPS) is 10.4. The summed E-state index contributed by atoms with van der Waals surface area (Å²) in [6.45, 7) is 2.92. The van der Waals surface area contributed by atoms with Gasteiger partial charge in [0.25, 0.3) is 5.91 Å². The quantitative estimate of drug-likeness (QED) is 0.862. The van der Waals surface area contributed by atoms with E-state index in [1.54, 1.807) is 6.92 Å². The van der Waals surface area contributed by atoms with Gasteiger partial charge >= 0.3 is 0 Å². The lowest BCUT2D eigenvalue weighted by atomic mass is 10.1. The second kappa shape index (κ2) is 6.40. The number of carbonyl (C=O) groups excluding carboxylic acids is 1. The Morgan fingerprint density at radius 1 is 1.32 bits per heavy atom. The monoisotopic (exact) mass is 276 g/mol. The molecule has 0 saturated heterocycles. The minimum absolute atomic E-state index is 0.126. The lowest BCUT2D eigenvalue weighted by Crippen LogP contribution is -2.22. The van der Waals surface area contributed by atoms with Gasteiger partial charge in [0.15, 0.2) is 0 Å². The molecule has 0 bridgehead atoms. The Labute approximate surface area is 116 Å². The Kier molecular flexibility index (Phi) is 4.59. The van der Waals surface area contributed by atoms with E-state index in [4.69, 9.17) is 5.73 Å². The van der Waals surface area contributed by atoms with Crippen LogP contribution in [-0.4, -0.2) is 22.0 Å². The van der Waals surface area contributed by atoms with Crippen molar-refractivity contribution in [3.8, 4) is 0 Å². The fraction of sp³-hybridized carbons (Fsp3) is 0.308. The molecule has 1 aromatic carbocycles. The van der Waals surface area contributed by atoms with Crippen molar-refractivity contribution in [3.63, 3.8) is 0 Å². The van der Waals surface area contributed by atoms with Crippen molar-refractivity contribution >= 4 is 17.4 Å². The highest BCUT2D eigenvalue weighted by atomic mass is 32.1. The van der Waals surface area contributed by atoms with Gasteiger partial charge in [-0.05, 0) is 42.5 Å². The molecule has 0 saturated carbocycles. The fourth-order valence-corrected chi connectivity index (χ4v) is 2.27. The number of nitrogens with one attached hydrogen (secondary N) is 1. The van der Waals surface area contributed by atoms with Crippen molar-refractivity contribution < 1.29 is 4.79 Å². The van der Waals surface area contributed by atoms with Gasteiger partial charge in [-0.25, -0.2) is 0 Å². The van der Waals surface area contributed by atoms with Gasteiger partial charge in [-0.15, -0.1) is 5.10 Å². The maximum atomic E-state index is 11.9. The van der Waals surface area contributed by atoms with Crippen LogP contribution < -0.4 is 11.1 Å². The van der Waals surface area contributed by atoms with Crippen LogP contribution >= 0.6 is 11.5 Å². The van der Waals surface area contributed by atoms with E-state index in [1.807, 2.05) is 24.3 Å². The number of carbonyl (C=O) groups is 1. The van der Waals surface area contributed by atoms with Crippen molar-refractivity contribution in [2.24, 2.45) is 5.73 Å². The summed E-state index contributed by atoms with van der Waals surface area (Å²) in [7, 11) is 0. The molecule has 0 atom stereocenters. The molecule has 6 heteroatoms. The number of aromatic nitrogens is 2. The zero-order valence-corrected chi connectivity index (χ0v) is 11.5. The number of aryl methyl sites for hydroxylation is 1. The summed E-state index contributed by atoms with van der Waals surface area (Å²) in [5, 5.41) is 6.68. The number of amides is 1. The van der Waals surface area contributed by atoms with Crippen LogP contribution in [-0.2, 0) is 13.0 Å². The molecule has 0 fully saturated rings. The molecule has 5 nitrogen and oxygen atoms in total. The first-order valence-electron chi connectivity index (χ1n) is 6.05. The molecule has 2 aromatic rings.